The fraction of sp³-hybridized carbons (Fsp3) is 0.412. The van der Waals surface area contributed by atoms with E-state index in [0.717, 1.165) is 38.2 Å². The van der Waals surface area contributed by atoms with Crippen molar-refractivity contribution in [2.24, 2.45) is 5.92 Å². The van der Waals surface area contributed by atoms with Crippen molar-refractivity contribution in [3.63, 3.8) is 0 Å². The van der Waals surface area contributed by atoms with Gasteiger partial charge in [-0.1, -0.05) is 23.2 Å². The second-order valence-electron chi connectivity index (χ2n) is 5.93. The van der Waals surface area contributed by atoms with Crippen molar-refractivity contribution in [2.75, 3.05) is 26.8 Å². The van der Waals surface area contributed by atoms with Crippen LogP contribution in [0.25, 0.3) is 5.69 Å². The first kappa shape index (κ1) is 17.3. The first-order valence-electron chi connectivity index (χ1n) is 7.88. The molecule has 3 rings (SSSR count). The van der Waals surface area contributed by atoms with Crippen LogP contribution in [0, 0.1) is 5.92 Å². The van der Waals surface area contributed by atoms with Gasteiger partial charge in [-0.25, -0.2) is 4.68 Å². The molecule has 1 aromatic heterocycles. The fourth-order valence-electron chi connectivity index (χ4n) is 2.91. The summed E-state index contributed by atoms with van der Waals surface area (Å²) in [5, 5.41) is 5.33. The number of halogens is 2. The van der Waals surface area contributed by atoms with Crippen LogP contribution in [0.15, 0.2) is 30.5 Å². The minimum Gasteiger partial charge on any atom is -0.384 e. The number of nitrogens with zero attached hydrogens (tertiary/aromatic N) is 3. The average Bonchev–Trinajstić information content (AvgIpc) is 3.08. The third-order valence-corrected chi connectivity index (χ3v) is 5.02. The molecule has 0 saturated carbocycles. The molecule has 0 bridgehead atoms. The molecular formula is C17H19Cl2N3O2. The molecule has 0 aliphatic carbocycles. The van der Waals surface area contributed by atoms with Crippen LogP contribution in [0.5, 0.6) is 0 Å². The molecule has 7 heteroatoms. The molecule has 1 fully saturated rings. The van der Waals surface area contributed by atoms with Crippen LogP contribution in [0.2, 0.25) is 10.0 Å². The Morgan fingerprint density at radius 2 is 2.00 bits per heavy atom. The van der Waals surface area contributed by atoms with Gasteiger partial charge in [0.25, 0.3) is 5.91 Å². The number of amides is 1. The van der Waals surface area contributed by atoms with E-state index in [1.165, 1.54) is 0 Å². The molecule has 24 heavy (non-hydrogen) atoms. The number of aromatic nitrogens is 2. The number of ether oxygens (including phenoxy) is 1. The summed E-state index contributed by atoms with van der Waals surface area (Å²) in [4.78, 5) is 14.5. The number of hydrogen-bond donors (Lipinski definition) is 0. The highest BCUT2D eigenvalue weighted by atomic mass is 35.5. The van der Waals surface area contributed by atoms with E-state index in [1.807, 2.05) is 11.0 Å². The maximum Gasteiger partial charge on any atom is 0.274 e. The van der Waals surface area contributed by atoms with Gasteiger partial charge in [-0.15, -0.1) is 0 Å². The molecule has 5 nitrogen and oxygen atoms in total. The first-order chi connectivity index (χ1) is 11.6. The molecule has 1 aliphatic rings. The number of piperidine rings is 1. The van der Waals surface area contributed by atoms with Crippen LogP contribution in [0.1, 0.15) is 23.3 Å². The molecule has 0 N–H and O–H groups in total. The van der Waals surface area contributed by atoms with Gasteiger partial charge in [-0.2, -0.15) is 5.10 Å². The van der Waals surface area contributed by atoms with Crippen LogP contribution in [0.3, 0.4) is 0 Å². The number of benzene rings is 1. The lowest BCUT2D eigenvalue weighted by Crippen LogP contribution is -2.39. The maximum absolute atomic E-state index is 12.6. The lowest BCUT2D eigenvalue weighted by molar-refractivity contribution is 0.0608. The summed E-state index contributed by atoms with van der Waals surface area (Å²) in [6.07, 6.45) is 3.69. The molecule has 1 aliphatic heterocycles. The summed E-state index contributed by atoms with van der Waals surface area (Å²) >= 11 is 12.0. The zero-order valence-corrected chi connectivity index (χ0v) is 14.9. The summed E-state index contributed by atoms with van der Waals surface area (Å²) in [5.41, 5.74) is 1.20. The topological polar surface area (TPSA) is 47.4 Å². The van der Waals surface area contributed by atoms with Crippen molar-refractivity contribution >= 4 is 29.1 Å². The molecule has 0 atom stereocenters. The van der Waals surface area contributed by atoms with E-state index in [1.54, 1.807) is 36.2 Å². The Morgan fingerprint density at radius 1 is 1.25 bits per heavy atom. The predicted octanol–water partition coefficient (Wildman–Crippen LogP) is 3.68. The van der Waals surface area contributed by atoms with Crippen LogP contribution in [-0.2, 0) is 4.74 Å². The van der Waals surface area contributed by atoms with E-state index in [4.69, 9.17) is 27.9 Å². The summed E-state index contributed by atoms with van der Waals surface area (Å²) in [7, 11) is 1.72. The molecule has 1 amide bonds. The third kappa shape index (κ3) is 3.74. The highest BCUT2D eigenvalue weighted by molar-refractivity contribution is 6.42. The lowest BCUT2D eigenvalue weighted by Gasteiger charge is -2.31. The minimum absolute atomic E-state index is 0.0373. The summed E-state index contributed by atoms with van der Waals surface area (Å²) < 4.78 is 6.82. The second-order valence-corrected chi connectivity index (χ2v) is 6.75. The lowest BCUT2D eigenvalue weighted by atomic mass is 9.97. The molecule has 128 valence electrons. The first-order valence-corrected chi connectivity index (χ1v) is 8.63. The minimum atomic E-state index is -0.0373. The Kier molecular flexibility index (Phi) is 5.43. The third-order valence-electron chi connectivity index (χ3n) is 4.28. The highest BCUT2D eigenvalue weighted by Crippen LogP contribution is 2.24. The van der Waals surface area contributed by atoms with Crippen LogP contribution in [-0.4, -0.2) is 47.4 Å². The smallest absolute Gasteiger partial charge is 0.274 e. The van der Waals surface area contributed by atoms with Gasteiger partial charge in [-0.05, 0) is 43.0 Å². The normalized spacial score (nSPS) is 15.7. The van der Waals surface area contributed by atoms with Crippen molar-refractivity contribution < 1.29 is 9.53 Å². The zero-order valence-electron chi connectivity index (χ0n) is 13.4. The molecule has 1 saturated heterocycles. The van der Waals surface area contributed by atoms with E-state index in [-0.39, 0.29) is 5.91 Å². The second kappa shape index (κ2) is 7.55. The van der Waals surface area contributed by atoms with Gasteiger partial charge in [0, 0.05) is 33.0 Å². The predicted molar refractivity (Wildman–Crippen MR) is 94.1 cm³/mol. The molecule has 0 radical (unpaired) electrons. The Hall–Kier alpha value is -1.56. The number of methoxy groups -OCH3 is 1. The molecule has 0 unspecified atom stereocenters. The van der Waals surface area contributed by atoms with Crippen LogP contribution < -0.4 is 0 Å². The van der Waals surface area contributed by atoms with Gasteiger partial charge in [0.05, 0.1) is 15.7 Å². The van der Waals surface area contributed by atoms with Crippen LogP contribution >= 0.6 is 23.2 Å². The van der Waals surface area contributed by atoms with Crippen molar-refractivity contribution in [3.8, 4) is 5.69 Å². The molecule has 1 aromatic carbocycles. The van der Waals surface area contributed by atoms with Gasteiger partial charge < -0.3 is 9.64 Å². The number of rotatable bonds is 4. The standard InChI is InChI=1S/C17H19Cl2N3O2/c1-24-11-12-4-7-21(8-5-12)17(23)16-6-9-22(20-16)13-2-3-14(18)15(19)10-13/h2-3,6,9-10,12H,4-5,7-8,11H2,1H3. The van der Waals surface area contributed by atoms with E-state index in [0.29, 0.717) is 21.7 Å². The molecule has 2 heterocycles. The fourth-order valence-corrected chi connectivity index (χ4v) is 3.20. The van der Waals surface area contributed by atoms with E-state index >= 15 is 0 Å². The van der Waals surface area contributed by atoms with Crippen molar-refractivity contribution in [1.29, 1.82) is 0 Å². The van der Waals surface area contributed by atoms with Crippen molar-refractivity contribution in [3.05, 3.63) is 46.2 Å². The van der Waals surface area contributed by atoms with Gasteiger partial charge in [0.2, 0.25) is 0 Å². The van der Waals surface area contributed by atoms with E-state index in [9.17, 15) is 4.79 Å². The summed E-state index contributed by atoms with van der Waals surface area (Å²) in [5.74, 6) is 0.498. The Bertz CT molecular complexity index is 724. The number of carbonyl (C=O) groups excluding carboxylic acids is 1. The number of likely N-dealkylation sites (tertiary alicyclic amines) is 1. The summed E-state index contributed by atoms with van der Waals surface area (Å²) in [6.45, 7) is 2.24. The largest absolute Gasteiger partial charge is 0.384 e. The van der Waals surface area contributed by atoms with Gasteiger partial charge in [0.1, 0.15) is 0 Å². The van der Waals surface area contributed by atoms with Crippen molar-refractivity contribution in [2.45, 2.75) is 12.8 Å². The highest BCUT2D eigenvalue weighted by Gasteiger charge is 2.25. The van der Waals surface area contributed by atoms with Gasteiger partial charge in [0.15, 0.2) is 5.69 Å². The van der Waals surface area contributed by atoms with Crippen molar-refractivity contribution in [1.82, 2.24) is 14.7 Å². The van der Waals surface area contributed by atoms with Gasteiger partial charge >= 0.3 is 0 Å². The summed E-state index contributed by atoms with van der Waals surface area (Å²) in [6, 6.07) is 6.97. The zero-order chi connectivity index (χ0) is 17.1. The van der Waals surface area contributed by atoms with Gasteiger partial charge in [-0.3, -0.25) is 4.79 Å². The monoisotopic (exact) mass is 367 g/mol. The Balaban J connectivity index is 1.69. The molecule has 0 spiro atoms. The van der Waals surface area contributed by atoms with Crippen LogP contribution in [0.4, 0.5) is 0 Å². The maximum atomic E-state index is 12.6. The molecular weight excluding hydrogens is 349 g/mol. The van der Waals surface area contributed by atoms with E-state index in [2.05, 4.69) is 5.10 Å². The SMILES string of the molecule is COCC1CCN(C(=O)c2ccn(-c3ccc(Cl)c(Cl)c3)n2)CC1. The molecule has 2 aromatic rings. The Labute approximate surface area is 151 Å². The average molecular weight is 368 g/mol. The number of carbonyl (C=O) groups is 1. The number of hydrogen-bond acceptors (Lipinski definition) is 3. The van der Waals surface area contributed by atoms with E-state index < -0.39 is 0 Å². The Morgan fingerprint density at radius 3 is 2.67 bits per heavy atom. The quantitative estimate of drug-likeness (QED) is 0.827.